The van der Waals surface area contributed by atoms with Gasteiger partial charge in [-0.3, -0.25) is 14.5 Å². The smallest absolute Gasteiger partial charge is 0.323 e. The molecule has 0 saturated carbocycles. The van der Waals surface area contributed by atoms with Crippen LogP contribution in [0.25, 0.3) is 0 Å². The molecule has 116 valence electrons. The molecule has 0 aromatic rings. The number of nitrogens with zero attached hydrogens (tertiary/aromatic N) is 1. The highest BCUT2D eigenvalue weighted by atomic mass is 16.5. The van der Waals surface area contributed by atoms with E-state index in [0.29, 0.717) is 19.1 Å². The number of esters is 1. The van der Waals surface area contributed by atoms with E-state index in [1.807, 2.05) is 18.7 Å². The van der Waals surface area contributed by atoms with E-state index in [1.165, 1.54) is 0 Å². The van der Waals surface area contributed by atoms with Crippen LogP contribution in [0.4, 0.5) is 0 Å². The summed E-state index contributed by atoms with van der Waals surface area (Å²) < 4.78 is 5.13. The highest BCUT2D eigenvalue weighted by molar-refractivity contribution is 5.83. The number of likely N-dealkylation sites (tertiary alicyclic amines) is 1. The Labute approximate surface area is 122 Å². The first-order valence-electron chi connectivity index (χ1n) is 7.67. The fourth-order valence-corrected chi connectivity index (χ4v) is 2.51. The number of piperidine rings is 1. The number of nitrogens with one attached hydrogen (secondary N) is 1. The minimum Gasteiger partial charge on any atom is -0.465 e. The highest BCUT2D eigenvalue weighted by Gasteiger charge is 2.35. The monoisotopic (exact) mass is 284 g/mol. The van der Waals surface area contributed by atoms with Gasteiger partial charge >= 0.3 is 5.97 Å². The molecule has 0 radical (unpaired) electrons. The summed E-state index contributed by atoms with van der Waals surface area (Å²) in [6, 6.07) is -0.563. The maximum absolute atomic E-state index is 12.2. The molecule has 1 rings (SSSR count). The number of amides is 1. The summed E-state index contributed by atoms with van der Waals surface area (Å²) in [5.41, 5.74) is 0. The molecule has 0 aromatic carbocycles. The third-order valence-electron chi connectivity index (χ3n) is 3.66. The van der Waals surface area contributed by atoms with E-state index in [1.54, 1.807) is 0 Å². The predicted molar refractivity (Wildman–Crippen MR) is 78.3 cm³/mol. The summed E-state index contributed by atoms with van der Waals surface area (Å²) in [7, 11) is 0. The van der Waals surface area contributed by atoms with Crippen molar-refractivity contribution < 1.29 is 14.3 Å². The van der Waals surface area contributed by atoms with Gasteiger partial charge in [-0.25, -0.2) is 0 Å². The fourth-order valence-electron chi connectivity index (χ4n) is 2.51. The van der Waals surface area contributed by atoms with Crippen LogP contribution in [0.5, 0.6) is 0 Å². The van der Waals surface area contributed by atoms with Gasteiger partial charge in [0.2, 0.25) is 5.91 Å². The normalized spacial score (nSPS) is 21.6. The van der Waals surface area contributed by atoms with Gasteiger partial charge in [-0.05, 0) is 39.2 Å². The molecule has 20 heavy (non-hydrogen) atoms. The van der Waals surface area contributed by atoms with Crippen LogP contribution >= 0.6 is 0 Å². The van der Waals surface area contributed by atoms with Crippen molar-refractivity contribution in [2.24, 2.45) is 5.92 Å². The van der Waals surface area contributed by atoms with Gasteiger partial charge in [0.1, 0.15) is 6.04 Å². The zero-order valence-electron chi connectivity index (χ0n) is 13.1. The van der Waals surface area contributed by atoms with Crippen molar-refractivity contribution in [2.45, 2.75) is 59.0 Å². The van der Waals surface area contributed by atoms with Crippen LogP contribution in [-0.2, 0) is 14.3 Å². The lowest BCUT2D eigenvalue weighted by Gasteiger charge is -2.37. The number of carbonyl (C=O) groups excluding carboxylic acids is 2. The maximum atomic E-state index is 12.2. The van der Waals surface area contributed by atoms with Gasteiger partial charge in [-0.1, -0.05) is 20.3 Å². The Bertz CT molecular complexity index is 331. The molecular weight excluding hydrogens is 256 g/mol. The topological polar surface area (TPSA) is 58.6 Å². The number of rotatable bonds is 6. The second-order valence-electron chi connectivity index (χ2n) is 5.82. The summed E-state index contributed by atoms with van der Waals surface area (Å²) in [5, 5.41) is 2.94. The molecule has 0 aromatic heterocycles. The average molecular weight is 284 g/mol. The third kappa shape index (κ3) is 4.78. The minimum absolute atomic E-state index is 0.00472. The van der Waals surface area contributed by atoms with Gasteiger partial charge in [0.25, 0.3) is 0 Å². The SMILES string of the molecule is CCOC(=O)C1CCCCN1C(C)C(=O)NCC(C)C. The first kappa shape index (κ1) is 17.0. The first-order valence-corrected chi connectivity index (χ1v) is 7.67. The van der Waals surface area contributed by atoms with Crippen LogP contribution < -0.4 is 5.32 Å². The molecule has 2 atom stereocenters. The average Bonchev–Trinajstić information content (AvgIpc) is 2.44. The van der Waals surface area contributed by atoms with E-state index in [9.17, 15) is 9.59 Å². The van der Waals surface area contributed by atoms with Crippen LogP contribution in [0.2, 0.25) is 0 Å². The summed E-state index contributed by atoms with van der Waals surface area (Å²) in [6.45, 7) is 9.63. The molecule has 1 amide bonds. The van der Waals surface area contributed by atoms with Crippen molar-refractivity contribution in [3.8, 4) is 0 Å². The van der Waals surface area contributed by atoms with Gasteiger partial charge in [0.05, 0.1) is 12.6 Å². The van der Waals surface area contributed by atoms with E-state index in [2.05, 4.69) is 19.2 Å². The molecule has 1 fully saturated rings. The highest BCUT2D eigenvalue weighted by Crippen LogP contribution is 2.21. The Hall–Kier alpha value is -1.10. The standard InChI is InChI=1S/C15H28N2O3/c1-5-20-15(19)13-8-6-7-9-17(13)12(4)14(18)16-10-11(2)3/h11-13H,5-10H2,1-4H3,(H,16,18). The summed E-state index contributed by atoms with van der Waals surface area (Å²) >= 11 is 0. The number of hydrogen-bond donors (Lipinski definition) is 1. The van der Waals surface area contributed by atoms with Crippen molar-refractivity contribution >= 4 is 11.9 Å². The van der Waals surface area contributed by atoms with Crippen molar-refractivity contribution in [3.05, 3.63) is 0 Å². The van der Waals surface area contributed by atoms with Crippen LogP contribution in [0.3, 0.4) is 0 Å². The van der Waals surface area contributed by atoms with Crippen LogP contribution in [0, 0.1) is 5.92 Å². The molecule has 1 aliphatic heterocycles. The van der Waals surface area contributed by atoms with Gasteiger partial charge in [0, 0.05) is 6.54 Å². The van der Waals surface area contributed by atoms with Crippen molar-refractivity contribution in [3.63, 3.8) is 0 Å². The van der Waals surface area contributed by atoms with Gasteiger partial charge < -0.3 is 10.1 Å². The van der Waals surface area contributed by atoms with E-state index in [0.717, 1.165) is 25.8 Å². The third-order valence-corrected chi connectivity index (χ3v) is 3.66. The molecule has 0 aliphatic carbocycles. The Morgan fingerprint density at radius 3 is 2.60 bits per heavy atom. The second kappa shape index (κ2) is 8.25. The number of carbonyl (C=O) groups is 2. The number of ether oxygens (including phenoxy) is 1. The minimum atomic E-state index is -0.288. The van der Waals surface area contributed by atoms with Crippen LogP contribution in [0.1, 0.15) is 47.0 Å². The van der Waals surface area contributed by atoms with Gasteiger partial charge in [0.15, 0.2) is 0 Å². The van der Waals surface area contributed by atoms with Gasteiger partial charge in [-0.15, -0.1) is 0 Å². The maximum Gasteiger partial charge on any atom is 0.323 e. The van der Waals surface area contributed by atoms with E-state index in [-0.39, 0.29) is 24.0 Å². The summed E-state index contributed by atoms with van der Waals surface area (Å²) in [6.07, 6.45) is 2.82. The van der Waals surface area contributed by atoms with Crippen LogP contribution in [0.15, 0.2) is 0 Å². The molecule has 0 bridgehead atoms. The lowest BCUT2D eigenvalue weighted by Crippen LogP contribution is -2.55. The fraction of sp³-hybridized carbons (Fsp3) is 0.867. The Morgan fingerprint density at radius 2 is 2.00 bits per heavy atom. The Morgan fingerprint density at radius 1 is 1.30 bits per heavy atom. The van der Waals surface area contributed by atoms with Gasteiger partial charge in [-0.2, -0.15) is 0 Å². The van der Waals surface area contributed by atoms with E-state index >= 15 is 0 Å². The van der Waals surface area contributed by atoms with Crippen molar-refractivity contribution in [1.82, 2.24) is 10.2 Å². The molecule has 5 nitrogen and oxygen atoms in total. The lowest BCUT2D eigenvalue weighted by molar-refractivity contribution is -0.153. The molecule has 1 N–H and O–H groups in total. The molecule has 1 saturated heterocycles. The summed E-state index contributed by atoms with van der Waals surface area (Å²) in [4.78, 5) is 26.2. The zero-order valence-corrected chi connectivity index (χ0v) is 13.1. The lowest BCUT2D eigenvalue weighted by atomic mass is 10.00. The van der Waals surface area contributed by atoms with E-state index < -0.39 is 0 Å². The summed E-state index contributed by atoms with van der Waals surface area (Å²) in [5.74, 6) is 0.221. The molecule has 1 aliphatic rings. The second-order valence-corrected chi connectivity index (χ2v) is 5.82. The Kier molecular flexibility index (Phi) is 6.99. The van der Waals surface area contributed by atoms with Crippen molar-refractivity contribution in [2.75, 3.05) is 19.7 Å². The largest absolute Gasteiger partial charge is 0.465 e. The molecule has 2 unspecified atom stereocenters. The molecular formula is C15H28N2O3. The first-order chi connectivity index (χ1) is 9.47. The predicted octanol–water partition coefficient (Wildman–Crippen LogP) is 1.56. The van der Waals surface area contributed by atoms with Crippen molar-refractivity contribution in [1.29, 1.82) is 0 Å². The van der Waals surface area contributed by atoms with E-state index in [4.69, 9.17) is 4.74 Å². The quantitative estimate of drug-likeness (QED) is 0.752. The number of hydrogen-bond acceptors (Lipinski definition) is 4. The van der Waals surface area contributed by atoms with Crippen LogP contribution in [-0.4, -0.2) is 48.6 Å². The zero-order chi connectivity index (χ0) is 15.1. The molecule has 5 heteroatoms. The molecule has 0 spiro atoms. The molecule has 1 heterocycles. The Balaban J connectivity index is 2.64.